The second-order valence-corrected chi connectivity index (χ2v) is 9.81. The molecule has 1 amide bonds. The smallest absolute Gasteiger partial charge is 0.257 e. The summed E-state index contributed by atoms with van der Waals surface area (Å²) in [6.07, 6.45) is 0.705. The van der Waals surface area contributed by atoms with Gasteiger partial charge in [0.2, 0.25) is 10.0 Å². The highest BCUT2D eigenvalue weighted by molar-refractivity contribution is 9.10. The van der Waals surface area contributed by atoms with Gasteiger partial charge in [0.05, 0.1) is 15.9 Å². The highest BCUT2D eigenvalue weighted by Gasteiger charge is 2.28. The van der Waals surface area contributed by atoms with Gasteiger partial charge < -0.3 is 10.1 Å². The maximum absolute atomic E-state index is 12.7. The van der Waals surface area contributed by atoms with E-state index in [1.165, 1.54) is 4.31 Å². The molecule has 3 aromatic rings. The minimum absolute atomic E-state index is 0.0298. The number of rotatable bonds is 7. The highest BCUT2D eigenvalue weighted by Crippen LogP contribution is 2.33. The third-order valence-electron chi connectivity index (χ3n) is 5.05. The van der Waals surface area contributed by atoms with E-state index in [1.807, 2.05) is 54.6 Å². The van der Waals surface area contributed by atoms with E-state index in [9.17, 15) is 13.2 Å². The van der Waals surface area contributed by atoms with Crippen LogP contribution in [0, 0.1) is 0 Å². The van der Waals surface area contributed by atoms with Crippen LogP contribution in [0.5, 0.6) is 5.75 Å². The number of carbonyl (C=O) groups excluding carboxylic acids is 1. The van der Waals surface area contributed by atoms with Crippen LogP contribution >= 0.6 is 15.9 Å². The number of para-hydroxylation sites is 1. The van der Waals surface area contributed by atoms with E-state index >= 15 is 0 Å². The molecular weight excluding hydrogens is 468 g/mol. The average molecular weight is 489 g/mol. The molecule has 0 spiro atoms. The Hall–Kier alpha value is -2.58. The monoisotopic (exact) mass is 488 g/mol. The van der Waals surface area contributed by atoms with Crippen molar-refractivity contribution in [3.05, 3.63) is 70.7 Å². The van der Waals surface area contributed by atoms with Crippen LogP contribution < -0.4 is 14.4 Å². The molecule has 0 aromatic heterocycles. The number of fused-ring (bicyclic) bond motifs is 2. The Balaban J connectivity index is 1.30. The molecule has 4 rings (SSSR count). The molecule has 0 radical (unpaired) electrons. The summed E-state index contributed by atoms with van der Waals surface area (Å²) >= 11 is 3.52. The zero-order valence-corrected chi connectivity index (χ0v) is 18.6. The normalized spacial score (nSPS) is 13.3. The molecule has 0 atom stereocenters. The SMILES string of the molecule is O=C(COc1ccc2ccccc2c1Br)NCCS(=O)(=O)N1CCc2ccccc21. The van der Waals surface area contributed by atoms with Crippen molar-refractivity contribution in [1.82, 2.24) is 5.32 Å². The van der Waals surface area contributed by atoms with Gasteiger partial charge in [-0.15, -0.1) is 0 Å². The van der Waals surface area contributed by atoms with Crippen LogP contribution in [-0.4, -0.2) is 39.8 Å². The lowest BCUT2D eigenvalue weighted by Crippen LogP contribution is -2.38. The minimum Gasteiger partial charge on any atom is -0.483 e. The molecular formula is C22H21BrN2O4S. The lowest BCUT2D eigenvalue weighted by molar-refractivity contribution is -0.122. The Bertz CT molecular complexity index is 1200. The molecule has 0 saturated carbocycles. The number of ether oxygens (including phenoxy) is 1. The highest BCUT2D eigenvalue weighted by atomic mass is 79.9. The van der Waals surface area contributed by atoms with E-state index in [2.05, 4.69) is 21.2 Å². The minimum atomic E-state index is -3.50. The zero-order valence-electron chi connectivity index (χ0n) is 16.2. The van der Waals surface area contributed by atoms with E-state index in [-0.39, 0.29) is 24.8 Å². The van der Waals surface area contributed by atoms with E-state index in [1.54, 1.807) is 6.07 Å². The molecule has 1 aliphatic rings. The van der Waals surface area contributed by atoms with Gasteiger partial charge in [-0.2, -0.15) is 0 Å². The largest absolute Gasteiger partial charge is 0.483 e. The van der Waals surface area contributed by atoms with Gasteiger partial charge in [-0.3, -0.25) is 9.10 Å². The number of amides is 1. The molecule has 0 fully saturated rings. The van der Waals surface area contributed by atoms with E-state index in [0.717, 1.165) is 26.5 Å². The van der Waals surface area contributed by atoms with Crippen LogP contribution in [-0.2, 0) is 21.2 Å². The number of anilines is 1. The molecule has 30 heavy (non-hydrogen) atoms. The van der Waals surface area contributed by atoms with Crippen LogP contribution in [0.2, 0.25) is 0 Å². The topological polar surface area (TPSA) is 75.7 Å². The van der Waals surface area contributed by atoms with Crippen molar-refractivity contribution in [2.45, 2.75) is 6.42 Å². The molecule has 6 nitrogen and oxygen atoms in total. The van der Waals surface area contributed by atoms with Gasteiger partial charge in [-0.05, 0) is 50.8 Å². The van der Waals surface area contributed by atoms with Gasteiger partial charge in [0.25, 0.3) is 5.91 Å². The molecule has 0 aliphatic carbocycles. The van der Waals surface area contributed by atoms with Gasteiger partial charge in [-0.1, -0.05) is 48.5 Å². The Morgan fingerprint density at radius 2 is 1.83 bits per heavy atom. The standard InChI is InChI=1S/C22H21BrN2O4S/c23-22-18-7-3-1-5-16(18)9-10-20(22)29-15-21(26)24-12-14-30(27,28)25-13-11-17-6-2-4-8-19(17)25/h1-10H,11-15H2,(H,24,26). The summed E-state index contributed by atoms with van der Waals surface area (Å²) in [4.78, 5) is 12.1. The fourth-order valence-corrected chi connectivity index (χ4v) is 5.58. The molecule has 156 valence electrons. The Morgan fingerprint density at radius 3 is 2.70 bits per heavy atom. The fourth-order valence-electron chi connectivity index (χ4n) is 3.55. The number of hydrogen-bond donors (Lipinski definition) is 1. The second-order valence-electron chi connectivity index (χ2n) is 7.00. The van der Waals surface area contributed by atoms with Gasteiger partial charge in [0, 0.05) is 13.1 Å². The molecule has 8 heteroatoms. The van der Waals surface area contributed by atoms with Crippen LogP contribution in [0.15, 0.2) is 65.1 Å². The van der Waals surface area contributed by atoms with Gasteiger partial charge >= 0.3 is 0 Å². The van der Waals surface area contributed by atoms with Gasteiger partial charge in [0.1, 0.15) is 5.75 Å². The van der Waals surface area contributed by atoms with Crippen molar-refractivity contribution in [2.75, 3.05) is 29.8 Å². The molecule has 1 aliphatic heterocycles. The lowest BCUT2D eigenvalue weighted by Gasteiger charge is -2.19. The number of nitrogens with one attached hydrogen (secondary N) is 1. The fraction of sp³-hybridized carbons (Fsp3) is 0.227. The maximum Gasteiger partial charge on any atom is 0.257 e. The van der Waals surface area contributed by atoms with E-state index in [4.69, 9.17) is 4.74 Å². The first kappa shape index (κ1) is 20.7. The molecule has 1 N–H and O–H groups in total. The summed E-state index contributed by atoms with van der Waals surface area (Å²) in [6.45, 7) is 0.278. The average Bonchev–Trinajstić information content (AvgIpc) is 3.18. The van der Waals surface area contributed by atoms with Crippen molar-refractivity contribution in [3.8, 4) is 5.75 Å². The van der Waals surface area contributed by atoms with Crippen molar-refractivity contribution in [2.24, 2.45) is 0 Å². The lowest BCUT2D eigenvalue weighted by atomic mass is 10.1. The van der Waals surface area contributed by atoms with E-state index in [0.29, 0.717) is 18.7 Å². The van der Waals surface area contributed by atoms with Crippen LogP contribution in [0.25, 0.3) is 10.8 Å². The van der Waals surface area contributed by atoms with Gasteiger partial charge in [-0.25, -0.2) is 8.42 Å². The van der Waals surface area contributed by atoms with Crippen LogP contribution in [0.3, 0.4) is 0 Å². The number of sulfonamides is 1. The van der Waals surface area contributed by atoms with Crippen molar-refractivity contribution in [3.63, 3.8) is 0 Å². The molecule has 0 unspecified atom stereocenters. The molecule has 0 bridgehead atoms. The summed E-state index contributed by atoms with van der Waals surface area (Å²) in [5, 5.41) is 4.69. The van der Waals surface area contributed by atoms with E-state index < -0.39 is 10.0 Å². The number of hydrogen-bond acceptors (Lipinski definition) is 4. The number of nitrogens with zero attached hydrogens (tertiary/aromatic N) is 1. The predicted octanol–water partition coefficient (Wildman–Crippen LogP) is 3.49. The molecule has 0 saturated heterocycles. The maximum atomic E-state index is 12.7. The quantitative estimate of drug-likeness (QED) is 0.552. The van der Waals surface area contributed by atoms with Gasteiger partial charge in [0.15, 0.2) is 6.61 Å². The summed E-state index contributed by atoms with van der Waals surface area (Å²) in [5.41, 5.74) is 1.76. The summed E-state index contributed by atoms with van der Waals surface area (Å²) in [7, 11) is -3.50. The third-order valence-corrected chi connectivity index (χ3v) is 7.64. The Kier molecular flexibility index (Phi) is 5.97. The zero-order chi connectivity index (χ0) is 21.1. The van der Waals surface area contributed by atoms with Crippen molar-refractivity contribution >= 4 is 48.3 Å². The number of carbonyl (C=O) groups is 1. The first-order chi connectivity index (χ1) is 14.5. The third kappa shape index (κ3) is 4.29. The Labute approximate surface area is 184 Å². The first-order valence-electron chi connectivity index (χ1n) is 9.61. The van der Waals surface area contributed by atoms with Crippen molar-refractivity contribution in [1.29, 1.82) is 0 Å². The second kappa shape index (κ2) is 8.65. The van der Waals surface area contributed by atoms with Crippen LogP contribution in [0.4, 0.5) is 5.69 Å². The summed E-state index contributed by atoms with van der Waals surface area (Å²) < 4.78 is 33.2. The number of halogens is 1. The predicted molar refractivity (Wildman–Crippen MR) is 121 cm³/mol. The van der Waals surface area contributed by atoms with Crippen molar-refractivity contribution < 1.29 is 17.9 Å². The molecule has 3 aromatic carbocycles. The first-order valence-corrected chi connectivity index (χ1v) is 12.0. The Morgan fingerprint density at radius 1 is 1.07 bits per heavy atom. The molecule has 1 heterocycles. The van der Waals surface area contributed by atoms with Crippen LogP contribution in [0.1, 0.15) is 5.56 Å². The summed E-state index contributed by atoms with van der Waals surface area (Å²) in [6, 6.07) is 19.1. The summed E-state index contributed by atoms with van der Waals surface area (Å²) in [5.74, 6) is 0.0319. The number of benzene rings is 3.